The van der Waals surface area contributed by atoms with Gasteiger partial charge in [0.1, 0.15) is 0 Å². The lowest BCUT2D eigenvalue weighted by molar-refractivity contribution is 0.204. The predicted molar refractivity (Wildman–Crippen MR) is 83.5 cm³/mol. The zero-order valence-corrected chi connectivity index (χ0v) is 13.2. The van der Waals surface area contributed by atoms with E-state index in [1.54, 1.807) is 34.9 Å². The zero-order chi connectivity index (χ0) is 15.0. The normalized spacial score (nSPS) is 24.3. The van der Waals surface area contributed by atoms with E-state index in [0.717, 1.165) is 30.0 Å². The standard InChI is InChI=1S/C16H20N2O2S/c1-12-5-3-6-13(2)18(12)21(19,20)16-8-4-7-14-11-17-10-9-15(14)16/h4,7-13H,3,5-6H2,1-2H3. The van der Waals surface area contributed by atoms with Gasteiger partial charge < -0.3 is 0 Å². The van der Waals surface area contributed by atoms with Crippen LogP contribution in [0.2, 0.25) is 0 Å². The molecule has 0 N–H and O–H groups in total. The quantitative estimate of drug-likeness (QED) is 0.856. The molecule has 1 aromatic carbocycles. The van der Waals surface area contributed by atoms with Crippen molar-refractivity contribution in [2.75, 3.05) is 0 Å². The van der Waals surface area contributed by atoms with Gasteiger partial charge in [-0.15, -0.1) is 0 Å². The number of aromatic nitrogens is 1. The number of fused-ring (bicyclic) bond motifs is 1. The molecular weight excluding hydrogens is 284 g/mol. The summed E-state index contributed by atoms with van der Waals surface area (Å²) >= 11 is 0. The molecule has 0 aliphatic carbocycles. The van der Waals surface area contributed by atoms with Crippen LogP contribution >= 0.6 is 0 Å². The Hall–Kier alpha value is -1.46. The molecule has 5 heteroatoms. The van der Waals surface area contributed by atoms with Gasteiger partial charge >= 0.3 is 0 Å². The summed E-state index contributed by atoms with van der Waals surface area (Å²) in [5, 5.41) is 1.60. The summed E-state index contributed by atoms with van der Waals surface area (Å²) in [5.41, 5.74) is 0. The van der Waals surface area contributed by atoms with Gasteiger partial charge in [0, 0.05) is 35.2 Å². The largest absolute Gasteiger partial charge is 0.264 e. The first-order valence-corrected chi connectivity index (χ1v) is 8.82. The van der Waals surface area contributed by atoms with Crippen molar-refractivity contribution in [2.24, 2.45) is 0 Å². The molecule has 2 unspecified atom stereocenters. The second kappa shape index (κ2) is 5.39. The van der Waals surface area contributed by atoms with Crippen LogP contribution in [0.15, 0.2) is 41.6 Å². The van der Waals surface area contributed by atoms with E-state index in [2.05, 4.69) is 4.98 Å². The SMILES string of the molecule is CC1CCCC(C)N1S(=O)(=O)c1cccc2cnccc12. The number of benzene rings is 1. The van der Waals surface area contributed by atoms with Crippen LogP contribution in [-0.2, 0) is 10.0 Å². The van der Waals surface area contributed by atoms with Gasteiger partial charge in [0.15, 0.2) is 0 Å². The average Bonchev–Trinajstić information content (AvgIpc) is 2.46. The second-order valence-corrected chi connectivity index (χ2v) is 7.63. The van der Waals surface area contributed by atoms with Gasteiger partial charge in [0.25, 0.3) is 0 Å². The molecule has 3 rings (SSSR count). The maximum Gasteiger partial charge on any atom is 0.244 e. The van der Waals surface area contributed by atoms with Crippen molar-refractivity contribution in [3.8, 4) is 0 Å². The van der Waals surface area contributed by atoms with Crippen molar-refractivity contribution in [3.63, 3.8) is 0 Å². The van der Waals surface area contributed by atoms with Crippen molar-refractivity contribution in [1.29, 1.82) is 0 Å². The van der Waals surface area contributed by atoms with Gasteiger partial charge in [-0.25, -0.2) is 8.42 Å². The third-order valence-electron chi connectivity index (χ3n) is 4.31. The molecule has 21 heavy (non-hydrogen) atoms. The molecule has 112 valence electrons. The van der Waals surface area contributed by atoms with E-state index in [1.165, 1.54) is 0 Å². The highest BCUT2D eigenvalue weighted by Gasteiger charge is 2.36. The first kappa shape index (κ1) is 14.5. The first-order valence-electron chi connectivity index (χ1n) is 7.38. The molecule has 1 fully saturated rings. The van der Waals surface area contributed by atoms with E-state index in [-0.39, 0.29) is 12.1 Å². The number of hydrogen-bond acceptors (Lipinski definition) is 3. The van der Waals surface area contributed by atoms with Crippen LogP contribution in [0.5, 0.6) is 0 Å². The maximum absolute atomic E-state index is 13.1. The van der Waals surface area contributed by atoms with Crippen molar-refractivity contribution >= 4 is 20.8 Å². The van der Waals surface area contributed by atoms with E-state index < -0.39 is 10.0 Å². The number of nitrogens with zero attached hydrogens (tertiary/aromatic N) is 2. The maximum atomic E-state index is 13.1. The lowest BCUT2D eigenvalue weighted by Gasteiger charge is -2.37. The Kier molecular flexibility index (Phi) is 3.71. The number of rotatable bonds is 2. The van der Waals surface area contributed by atoms with E-state index in [1.807, 2.05) is 19.9 Å². The highest BCUT2D eigenvalue weighted by Crippen LogP contribution is 2.32. The predicted octanol–water partition coefficient (Wildman–Crippen LogP) is 3.19. The smallest absolute Gasteiger partial charge is 0.244 e. The topological polar surface area (TPSA) is 50.3 Å². The summed E-state index contributed by atoms with van der Waals surface area (Å²) in [6.45, 7) is 4.00. The number of piperidine rings is 1. The fraction of sp³-hybridized carbons (Fsp3) is 0.438. The van der Waals surface area contributed by atoms with Crippen LogP contribution < -0.4 is 0 Å². The second-order valence-electron chi connectivity index (χ2n) is 5.82. The molecule has 1 aliphatic rings. The van der Waals surface area contributed by atoms with Crippen molar-refractivity contribution in [1.82, 2.24) is 9.29 Å². The van der Waals surface area contributed by atoms with Crippen LogP contribution in [0.1, 0.15) is 33.1 Å². The fourth-order valence-electron chi connectivity index (χ4n) is 3.30. The molecule has 1 saturated heterocycles. The van der Waals surface area contributed by atoms with Crippen LogP contribution in [0, 0.1) is 0 Å². The summed E-state index contributed by atoms with van der Waals surface area (Å²) in [7, 11) is -3.48. The van der Waals surface area contributed by atoms with Crippen molar-refractivity contribution in [3.05, 3.63) is 36.7 Å². The Morgan fingerprint density at radius 3 is 2.57 bits per heavy atom. The van der Waals surface area contributed by atoms with Gasteiger partial charge in [-0.2, -0.15) is 4.31 Å². The highest BCUT2D eigenvalue weighted by molar-refractivity contribution is 7.89. The monoisotopic (exact) mass is 304 g/mol. The molecular formula is C16H20N2O2S. The molecule has 0 spiro atoms. The lowest BCUT2D eigenvalue weighted by Crippen LogP contribution is -2.47. The Morgan fingerprint density at radius 2 is 1.86 bits per heavy atom. The summed E-state index contributed by atoms with van der Waals surface area (Å²) in [5.74, 6) is 0. The van der Waals surface area contributed by atoms with E-state index in [4.69, 9.17) is 0 Å². The molecule has 4 nitrogen and oxygen atoms in total. The summed E-state index contributed by atoms with van der Waals surface area (Å²) in [6.07, 6.45) is 6.29. The van der Waals surface area contributed by atoms with Crippen molar-refractivity contribution in [2.45, 2.75) is 50.1 Å². The summed E-state index contributed by atoms with van der Waals surface area (Å²) in [6, 6.07) is 7.26. The Balaban J connectivity index is 2.16. The van der Waals surface area contributed by atoms with Crippen LogP contribution in [0.4, 0.5) is 0 Å². The molecule has 0 radical (unpaired) electrons. The summed E-state index contributed by atoms with van der Waals surface area (Å²) < 4.78 is 27.9. The molecule has 1 aromatic heterocycles. The minimum Gasteiger partial charge on any atom is -0.264 e. The Bertz CT molecular complexity index is 742. The van der Waals surface area contributed by atoms with Crippen molar-refractivity contribution < 1.29 is 8.42 Å². The first-order chi connectivity index (χ1) is 10.0. The molecule has 2 atom stereocenters. The van der Waals surface area contributed by atoms with Gasteiger partial charge in [-0.05, 0) is 38.8 Å². The van der Waals surface area contributed by atoms with Crippen LogP contribution in [-0.4, -0.2) is 29.8 Å². The molecule has 0 saturated carbocycles. The molecule has 1 aliphatic heterocycles. The molecule has 2 aromatic rings. The van der Waals surface area contributed by atoms with Crippen LogP contribution in [0.25, 0.3) is 10.8 Å². The lowest BCUT2D eigenvalue weighted by atomic mass is 10.0. The van der Waals surface area contributed by atoms with Gasteiger partial charge in [0.2, 0.25) is 10.0 Å². The number of hydrogen-bond donors (Lipinski definition) is 0. The fourth-order valence-corrected chi connectivity index (χ4v) is 5.40. The van der Waals surface area contributed by atoms with Gasteiger partial charge in [-0.1, -0.05) is 18.6 Å². The van der Waals surface area contributed by atoms with Gasteiger partial charge in [0.05, 0.1) is 4.90 Å². The van der Waals surface area contributed by atoms with E-state index in [9.17, 15) is 8.42 Å². The minimum atomic E-state index is -3.48. The van der Waals surface area contributed by atoms with E-state index in [0.29, 0.717) is 4.90 Å². The number of sulfonamides is 1. The Labute approximate surface area is 125 Å². The Morgan fingerprint density at radius 1 is 1.14 bits per heavy atom. The number of pyridine rings is 1. The highest BCUT2D eigenvalue weighted by atomic mass is 32.2. The minimum absolute atomic E-state index is 0.0517. The molecule has 2 heterocycles. The summed E-state index contributed by atoms with van der Waals surface area (Å²) in [4.78, 5) is 4.46. The zero-order valence-electron chi connectivity index (χ0n) is 12.4. The third kappa shape index (κ3) is 2.45. The molecule has 0 amide bonds. The average molecular weight is 304 g/mol. The third-order valence-corrected chi connectivity index (χ3v) is 6.50. The van der Waals surface area contributed by atoms with E-state index >= 15 is 0 Å². The molecule has 0 bridgehead atoms. The van der Waals surface area contributed by atoms with Crippen LogP contribution in [0.3, 0.4) is 0 Å². The van der Waals surface area contributed by atoms with Gasteiger partial charge in [-0.3, -0.25) is 4.98 Å².